The molecule has 1 saturated heterocycles. The third kappa shape index (κ3) is 2.92. The molecule has 0 aromatic carbocycles. The van der Waals surface area contributed by atoms with Crippen LogP contribution in [0.4, 0.5) is 0 Å². The van der Waals surface area contributed by atoms with E-state index in [1.54, 1.807) is 6.92 Å². The summed E-state index contributed by atoms with van der Waals surface area (Å²) in [6.45, 7) is 1.90. The van der Waals surface area contributed by atoms with Gasteiger partial charge in [0.25, 0.3) is 0 Å². The van der Waals surface area contributed by atoms with Gasteiger partial charge in [-0.25, -0.2) is 16.8 Å². The van der Waals surface area contributed by atoms with Crippen molar-refractivity contribution in [3.63, 3.8) is 0 Å². The summed E-state index contributed by atoms with van der Waals surface area (Å²) in [5.41, 5.74) is 5.30. The molecule has 1 fully saturated rings. The quantitative estimate of drug-likeness (QED) is 0.718. The summed E-state index contributed by atoms with van der Waals surface area (Å²) < 4.78 is 46.1. The molecule has 0 amide bonds. The zero-order valence-corrected chi connectivity index (χ0v) is 10.4. The summed E-state index contributed by atoms with van der Waals surface area (Å²) in [5, 5.41) is -1.26. The fraction of sp³-hybridized carbons (Fsp3) is 1.00. The summed E-state index contributed by atoms with van der Waals surface area (Å²) in [7, 11) is -6.47. The summed E-state index contributed by atoms with van der Waals surface area (Å²) in [5.74, 6) is -0.226. The van der Waals surface area contributed by atoms with Crippen LogP contribution in [0.3, 0.4) is 0 Å². The zero-order valence-electron chi connectivity index (χ0n) is 8.72. The Bertz CT molecular complexity index is 412. The largest absolute Gasteiger partial charge is 0.330 e. The molecule has 2 N–H and O–H groups in total. The first-order valence-electron chi connectivity index (χ1n) is 4.93. The number of sulfone groups is 2. The van der Waals surface area contributed by atoms with Gasteiger partial charge in [0.15, 0.2) is 19.7 Å². The highest BCUT2D eigenvalue weighted by molar-refractivity contribution is 7.96. The number of nitrogens with two attached hydrogens (primary N) is 1. The second-order valence-electron chi connectivity index (χ2n) is 4.00. The van der Waals surface area contributed by atoms with Gasteiger partial charge in [-0.15, -0.1) is 0 Å². The van der Waals surface area contributed by atoms with E-state index in [0.29, 0.717) is 13.0 Å². The van der Waals surface area contributed by atoms with E-state index >= 15 is 0 Å². The molecule has 1 rings (SSSR count). The lowest BCUT2D eigenvalue weighted by molar-refractivity contribution is 0.565. The zero-order chi connectivity index (χ0) is 11.7. The minimum absolute atomic E-state index is 0.00770. The molecule has 0 aromatic rings. The van der Waals surface area contributed by atoms with Crippen molar-refractivity contribution in [1.82, 2.24) is 0 Å². The Hall–Kier alpha value is -0.140. The molecule has 1 aliphatic heterocycles. The Morgan fingerprint density at radius 3 is 2.47 bits per heavy atom. The van der Waals surface area contributed by atoms with Crippen LogP contribution in [-0.4, -0.2) is 45.4 Å². The van der Waals surface area contributed by atoms with Gasteiger partial charge in [-0.2, -0.15) is 0 Å². The van der Waals surface area contributed by atoms with Gasteiger partial charge in [0.2, 0.25) is 0 Å². The van der Waals surface area contributed by atoms with Crippen molar-refractivity contribution in [2.45, 2.75) is 30.3 Å². The van der Waals surface area contributed by atoms with Gasteiger partial charge in [0.1, 0.15) is 0 Å². The Morgan fingerprint density at radius 1 is 1.47 bits per heavy atom. The maximum atomic E-state index is 11.9. The van der Waals surface area contributed by atoms with Crippen LogP contribution in [0.15, 0.2) is 0 Å². The first kappa shape index (κ1) is 12.9. The SMILES string of the molecule is CC(CCN)S(=O)(=O)C1CCS(=O)(=O)C1. The average Bonchev–Trinajstić information content (AvgIpc) is 2.47. The van der Waals surface area contributed by atoms with Crippen molar-refractivity contribution in [2.24, 2.45) is 5.73 Å². The molecule has 15 heavy (non-hydrogen) atoms. The van der Waals surface area contributed by atoms with Gasteiger partial charge in [-0.05, 0) is 26.3 Å². The third-order valence-corrected chi connectivity index (χ3v) is 7.46. The molecule has 0 spiro atoms. The van der Waals surface area contributed by atoms with Crippen LogP contribution in [0.5, 0.6) is 0 Å². The van der Waals surface area contributed by atoms with Gasteiger partial charge in [-0.1, -0.05) is 0 Å². The van der Waals surface area contributed by atoms with Crippen molar-refractivity contribution in [2.75, 3.05) is 18.1 Å². The predicted octanol–water partition coefficient (Wildman–Crippen LogP) is -0.674. The van der Waals surface area contributed by atoms with Crippen LogP contribution >= 0.6 is 0 Å². The topological polar surface area (TPSA) is 94.3 Å². The highest BCUT2D eigenvalue weighted by Crippen LogP contribution is 2.23. The third-order valence-electron chi connectivity index (χ3n) is 2.79. The van der Waals surface area contributed by atoms with Crippen molar-refractivity contribution in [3.05, 3.63) is 0 Å². The number of hydrogen-bond acceptors (Lipinski definition) is 5. The Kier molecular flexibility index (Phi) is 3.78. The molecule has 5 nitrogen and oxygen atoms in total. The Balaban J connectivity index is 2.81. The van der Waals surface area contributed by atoms with Gasteiger partial charge in [0, 0.05) is 0 Å². The molecule has 0 aromatic heterocycles. The molecule has 1 heterocycles. The predicted molar refractivity (Wildman–Crippen MR) is 59.1 cm³/mol. The maximum absolute atomic E-state index is 11.9. The standard InChI is InChI=1S/C8H17NO4S2/c1-7(2-4-9)15(12,13)8-3-5-14(10,11)6-8/h7-8H,2-6,9H2,1H3. The van der Waals surface area contributed by atoms with Crippen molar-refractivity contribution >= 4 is 19.7 Å². The lowest BCUT2D eigenvalue weighted by atomic mass is 10.3. The van der Waals surface area contributed by atoms with Crippen molar-refractivity contribution in [1.29, 1.82) is 0 Å². The lowest BCUT2D eigenvalue weighted by Crippen LogP contribution is -2.32. The molecule has 0 bridgehead atoms. The summed E-state index contributed by atoms with van der Waals surface area (Å²) in [6.07, 6.45) is 0.623. The fourth-order valence-corrected chi connectivity index (χ4v) is 6.39. The highest BCUT2D eigenvalue weighted by atomic mass is 32.2. The first-order valence-corrected chi connectivity index (χ1v) is 8.36. The van der Waals surface area contributed by atoms with E-state index in [-0.39, 0.29) is 17.9 Å². The molecule has 1 aliphatic rings. The minimum Gasteiger partial charge on any atom is -0.330 e. The molecule has 0 radical (unpaired) electrons. The average molecular weight is 255 g/mol. The van der Waals surface area contributed by atoms with Gasteiger partial charge in [0.05, 0.1) is 22.0 Å². The highest BCUT2D eigenvalue weighted by Gasteiger charge is 2.39. The summed E-state index contributed by atoms with van der Waals surface area (Å²) in [4.78, 5) is 0. The van der Waals surface area contributed by atoms with Crippen LogP contribution in [0.25, 0.3) is 0 Å². The summed E-state index contributed by atoms with van der Waals surface area (Å²) in [6, 6.07) is 0. The van der Waals surface area contributed by atoms with Crippen LogP contribution in [0, 0.1) is 0 Å². The maximum Gasteiger partial charge on any atom is 0.156 e. The molecule has 0 aliphatic carbocycles. The molecule has 7 heteroatoms. The molecule has 0 saturated carbocycles. The van der Waals surface area contributed by atoms with E-state index < -0.39 is 30.2 Å². The minimum atomic E-state index is -3.33. The smallest absolute Gasteiger partial charge is 0.156 e. The normalized spacial score (nSPS) is 27.7. The van der Waals surface area contributed by atoms with E-state index in [2.05, 4.69) is 0 Å². The lowest BCUT2D eigenvalue weighted by Gasteiger charge is -2.16. The van der Waals surface area contributed by atoms with E-state index in [9.17, 15) is 16.8 Å². The van der Waals surface area contributed by atoms with Crippen molar-refractivity contribution in [3.8, 4) is 0 Å². The Labute approximate surface area is 90.9 Å². The monoisotopic (exact) mass is 255 g/mol. The van der Waals surface area contributed by atoms with E-state index in [1.807, 2.05) is 0 Å². The number of rotatable bonds is 4. The fourth-order valence-electron chi connectivity index (χ4n) is 1.75. The second-order valence-corrected chi connectivity index (χ2v) is 8.88. The Morgan fingerprint density at radius 2 is 2.07 bits per heavy atom. The van der Waals surface area contributed by atoms with Gasteiger partial charge in [-0.3, -0.25) is 0 Å². The number of hydrogen-bond donors (Lipinski definition) is 1. The summed E-state index contributed by atoms with van der Waals surface area (Å²) >= 11 is 0. The molecular weight excluding hydrogens is 238 g/mol. The van der Waals surface area contributed by atoms with E-state index in [0.717, 1.165) is 0 Å². The van der Waals surface area contributed by atoms with Crippen LogP contribution in [0.1, 0.15) is 19.8 Å². The first-order chi connectivity index (χ1) is 6.79. The molecule has 90 valence electrons. The van der Waals surface area contributed by atoms with E-state index in [4.69, 9.17) is 5.73 Å². The van der Waals surface area contributed by atoms with Gasteiger partial charge < -0.3 is 5.73 Å². The molecule has 2 unspecified atom stereocenters. The second kappa shape index (κ2) is 4.39. The van der Waals surface area contributed by atoms with Gasteiger partial charge >= 0.3 is 0 Å². The molecular formula is C8H17NO4S2. The van der Waals surface area contributed by atoms with Crippen LogP contribution in [-0.2, 0) is 19.7 Å². The van der Waals surface area contributed by atoms with Crippen LogP contribution < -0.4 is 5.73 Å². The molecule has 2 atom stereocenters. The van der Waals surface area contributed by atoms with Crippen molar-refractivity contribution < 1.29 is 16.8 Å². The van der Waals surface area contributed by atoms with E-state index in [1.165, 1.54) is 0 Å². The van der Waals surface area contributed by atoms with Crippen LogP contribution in [0.2, 0.25) is 0 Å².